The molecule has 2 aromatic rings. The van der Waals surface area contributed by atoms with E-state index in [0.29, 0.717) is 18.9 Å². The van der Waals surface area contributed by atoms with E-state index in [4.69, 9.17) is 4.74 Å². The van der Waals surface area contributed by atoms with Crippen LogP contribution in [0.3, 0.4) is 0 Å². The molecule has 0 aliphatic carbocycles. The van der Waals surface area contributed by atoms with Crippen LogP contribution in [-0.2, 0) is 17.8 Å². The van der Waals surface area contributed by atoms with Crippen LogP contribution in [-0.4, -0.2) is 27.3 Å². The van der Waals surface area contributed by atoms with Crippen molar-refractivity contribution in [3.05, 3.63) is 41.7 Å². The minimum absolute atomic E-state index is 0.434. The molecule has 0 aromatic carbocycles. The molecule has 2 aromatic heterocycles. The first-order chi connectivity index (χ1) is 7.38. The van der Waals surface area contributed by atoms with Gasteiger partial charge in [0.25, 0.3) is 0 Å². The third-order valence-corrected chi connectivity index (χ3v) is 1.95. The van der Waals surface area contributed by atoms with Gasteiger partial charge in [-0.15, -0.1) is 0 Å². The van der Waals surface area contributed by atoms with Gasteiger partial charge in [-0.25, -0.2) is 4.98 Å². The van der Waals surface area contributed by atoms with Gasteiger partial charge in [0.1, 0.15) is 12.4 Å². The highest BCUT2D eigenvalue weighted by Crippen LogP contribution is 2.03. The topological polar surface area (TPSA) is 63.7 Å². The monoisotopic (exact) mass is 204 g/mol. The third kappa shape index (κ3) is 2.60. The molecule has 0 saturated carbocycles. The average molecular weight is 204 g/mol. The Morgan fingerprint density at radius 2 is 2.40 bits per heavy atom. The molecule has 0 fully saturated rings. The molecule has 5 heteroatoms. The molecule has 2 rings (SSSR count). The summed E-state index contributed by atoms with van der Waals surface area (Å²) in [7, 11) is 1.62. The maximum Gasteiger partial charge on any atom is 0.176 e. The Morgan fingerprint density at radius 3 is 3.13 bits per heavy atom. The van der Waals surface area contributed by atoms with Crippen molar-refractivity contribution in [2.45, 2.75) is 13.0 Å². The number of hydrogen-bond donors (Lipinski definition) is 1. The number of aromatic amines is 1. The molecule has 0 radical (unpaired) electrons. The van der Waals surface area contributed by atoms with Gasteiger partial charge in [-0.2, -0.15) is 5.10 Å². The van der Waals surface area contributed by atoms with E-state index < -0.39 is 0 Å². The molecule has 0 aliphatic heterocycles. The first-order valence-corrected chi connectivity index (χ1v) is 4.66. The van der Waals surface area contributed by atoms with E-state index >= 15 is 0 Å². The molecule has 0 unspecified atom stereocenters. The number of hydrogen-bond acceptors (Lipinski definition) is 4. The second-order valence-electron chi connectivity index (χ2n) is 3.17. The predicted octanol–water partition coefficient (Wildman–Crippen LogP) is 0.937. The standard InChI is InChI=1S/C10H12N4O/c1-15-7-10-12-9(13-14-10)5-8-3-2-4-11-6-8/h2-4,6H,5,7H2,1H3,(H,12,13,14). The zero-order valence-electron chi connectivity index (χ0n) is 8.47. The van der Waals surface area contributed by atoms with Gasteiger partial charge in [0.05, 0.1) is 0 Å². The predicted molar refractivity (Wildman–Crippen MR) is 54.1 cm³/mol. The van der Waals surface area contributed by atoms with Crippen LogP contribution < -0.4 is 0 Å². The van der Waals surface area contributed by atoms with Crippen LogP contribution in [0.4, 0.5) is 0 Å². The Kier molecular flexibility index (Phi) is 3.04. The minimum atomic E-state index is 0.434. The summed E-state index contributed by atoms with van der Waals surface area (Å²) in [6.45, 7) is 0.434. The maximum atomic E-state index is 4.93. The van der Waals surface area contributed by atoms with Crippen LogP contribution in [0.15, 0.2) is 24.5 Å². The van der Waals surface area contributed by atoms with E-state index in [1.165, 1.54) is 0 Å². The summed E-state index contributed by atoms with van der Waals surface area (Å²) in [5.41, 5.74) is 1.11. The molecule has 78 valence electrons. The van der Waals surface area contributed by atoms with Crippen molar-refractivity contribution < 1.29 is 4.74 Å². The molecule has 15 heavy (non-hydrogen) atoms. The summed E-state index contributed by atoms with van der Waals surface area (Å²) < 4.78 is 4.93. The van der Waals surface area contributed by atoms with Crippen LogP contribution >= 0.6 is 0 Å². The van der Waals surface area contributed by atoms with Crippen molar-refractivity contribution in [1.82, 2.24) is 20.2 Å². The van der Waals surface area contributed by atoms with E-state index in [-0.39, 0.29) is 0 Å². The van der Waals surface area contributed by atoms with E-state index in [9.17, 15) is 0 Å². The summed E-state index contributed by atoms with van der Waals surface area (Å²) in [5.74, 6) is 1.51. The van der Waals surface area contributed by atoms with Crippen molar-refractivity contribution >= 4 is 0 Å². The Hall–Kier alpha value is -1.75. The Morgan fingerprint density at radius 1 is 1.47 bits per heavy atom. The van der Waals surface area contributed by atoms with Crippen molar-refractivity contribution in [3.8, 4) is 0 Å². The van der Waals surface area contributed by atoms with Crippen LogP contribution in [0.25, 0.3) is 0 Å². The Balaban J connectivity index is 2.05. The number of nitrogens with zero attached hydrogens (tertiary/aromatic N) is 3. The van der Waals surface area contributed by atoms with Gasteiger partial charge in [0, 0.05) is 25.9 Å². The second kappa shape index (κ2) is 4.65. The maximum absolute atomic E-state index is 4.93. The Labute approximate surface area is 87.5 Å². The molecular formula is C10H12N4O. The minimum Gasteiger partial charge on any atom is -0.377 e. The quantitative estimate of drug-likeness (QED) is 0.804. The van der Waals surface area contributed by atoms with Crippen LogP contribution in [0.5, 0.6) is 0 Å². The number of ether oxygens (including phenoxy) is 1. The van der Waals surface area contributed by atoms with Gasteiger partial charge in [0.15, 0.2) is 5.82 Å². The number of methoxy groups -OCH3 is 1. The van der Waals surface area contributed by atoms with Crippen LogP contribution in [0, 0.1) is 0 Å². The molecule has 1 N–H and O–H groups in total. The summed E-state index contributed by atoms with van der Waals surface area (Å²) in [5, 5.41) is 6.89. The fraction of sp³-hybridized carbons (Fsp3) is 0.300. The summed E-state index contributed by atoms with van der Waals surface area (Å²) in [6, 6.07) is 3.91. The second-order valence-corrected chi connectivity index (χ2v) is 3.17. The number of pyridine rings is 1. The molecule has 2 heterocycles. The fourth-order valence-electron chi connectivity index (χ4n) is 1.30. The van der Waals surface area contributed by atoms with Gasteiger partial charge in [-0.1, -0.05) is 6.07 Å². The first kappa shape index (κ1) is 9.79. The van der Waals surface area contributed by atoms with Crippen molar-refractivity contribution in [2.24, 2.45) is 0 Å². The van der Waals surface area contributed by atoms with E-state index in [0.717, 1.165) is 11.4 Å². The van der Waals surface area contributed by atoms with E-state index in [2.05, 4.69) is 20.2 Å². The number of aromatic nitrogens is 4. The summed E-state index contributed by atoms with van der Waals surface area (Å²) >= 11 is 0. The largest absolute Gasteiger partial charge is 0.377 e. The molecule has 0 saturated heterocycles. The van der Waals surface area contributed by atoms with E-state index in [1.807, 2.05) is 18.3 Å². The van der Waals surface area contributed by atoms with Crippen LogP contribution in [0.1, 0.15) is 17.2 Å². The molecule has 0 amide bonds. The summed E-state index contributed by atoms with van der Waals surface area (Å²) in [6.07, 6.45) is 4.28. The Bertz CT molecular complexity index is 412. The lowest BCUT2D eigenvalue weighted by Gasteiger charge is -1.94. The highest BCUT2D eigenvalue weighted by Gasteiger charge is 2.03. The molecule has 0 spiro atoms. The van der Waals surface area contributed by atoms with Gasteiger partial charge >= 0.3 is 0 Å². The van der Waals surface area contributed by atoms with Crippen molar-refractivity contribution in [1.29, 1.82) is 0 Å². The zero-order valence-corrected chi connectivity index (χ0v) is 8.47. The van der Waals surface area contributed by atoms with E-state index in [1.54, 1.807) is 13.3 Å². The fourth-order valence-corrected chi connectivity index (χ4v) is 1.30. The van der Waals surface area contributed by atoms with Crippen molar-refractivity contribution in [2.75, 3.05) is 7.11 Å². The SMILES string of the molecule is COCc1n[nH]c(Cc2cccnc2)n1. The molecule has 5 nitrogen and oxygen atoms in total. The lowest BCUT2D eigenvalue weighted by molar-refractivity contribution is 0.178. The van der Waals surface area contributed by atoms with Gasteiger partial charge in [0.2, 0.25) is 0 Å². The normalized spacial score (nSPS) is 10.5. The number of H-pyrrole nitrogens is 1. The molecule has 0 atom stereocenters. The number of rotatable bonds is 4. The number of nitrogens with one attached hydrogen (secondary N) is 1. The third-order valence-electron chi connectivity index (χ3n) is 1.95. The smallest absolute Gasteiger partial charge is 0.176 e. The van der Waals surface area contributed by atoms with Gasteiger partial charge < -0.3 is 4.74 Å². The summed E-state index contributed by atoms with van der Waals surface area (Å²) in [4.78, 5) is 8.31. The van der Waals surface area contributed by atoms with Crippen LogP contribution in [0.2, 0.25) is 0 Å². The highest BCUT2D eigenvalue weighted by molar-refractivity contribution is 5.13. The lowest BCUT2D eigenvalue weighted by Crippen LogP contribution is -1.92. The average Bonchev–Trinajstić information content (AvgIpc) is 2.68. The molecular weight excluding hydrogens is 192 g/mol. The highest BCUT2D eigenvalue weighted by atomic mass is 16.5. The van der Waals surface area contributed by atoms with Gasteiger partial charge in [-0.3, -0.25) is 10.1 Å². The lowest BCUT2D eigenvalue weighted by atomic mass is 10.2. The first-order valence-electron chi connectivity index (χ1n) is 4.66. The van der Waals surface area contributed by atoms with Gasteiger partial charge in [-0.05, 0) is 11.6 Å². The zero-order chi connectivity index (χ0) is 10.5. The molecule has 0 aliphatic rings. The molecule has 0 bridgehead atoms. The van der Waals surface area contributed by atoms with Crippen molar-refractivity contribution in [3.63, 3.8) is 0 Å².